The van der Waals surface area contributed by atoms with Crippen LogP contribution < -0.4 is 0 Å². The van der Waals surface area contributed by atoms with Crippen molar-refractivity contribution in [2.24, 2.45) is 20.5 Å². The van der Waals surface area contributed by atoms with Crippen LogP contribution in [0.5, 0.6) is 0 Å². The molecule has 0 spiro atoms. The normalized spacial score (nSPS) is 10.8. The summed E-state index contributed by atoms with van der Waals surface area (Å²) in [5, 5.41) is 15.9. The SMILES string of the molecule is CC(=O)S.CC(=O)Sc1cc(N=Nc2cc(SC(C)=O)c(SC(C)=O)c(SC(C)=O)c2)cc(SC(C)=O)c1SC(C)=O.Ic1cc(N=Nc2cc(I)c(I)c(I)c2)cc(I)c1I. The van der Waals surface area contributed by atoms with E-state index in [1.165, 1.54) is 69.9 Å². The minimum Gasteiger partial charge on any atom is -0.288 e. The van der Waals surface area contributed by atoms with Gasteiger partial charge in [0.2, 0.25) is 0 Å². The quantitative estimate of drug-likeness (QED) is 0.0524. The average Bonchev–Trinajstić information content (AvgIpc) is 3.12. The summed E-state index contributed by atoms with van der Waals surface area (Å²) in [6.45, 7) is 9.74. The summed E-state index contributed by atoms with van der Waals surface area (Å²) in [5.74, 6) is 0. The second-order valence-electron chi connectivity index (χ2n) is 11.5. The van der Waals surface area contributed by atoms with E-state index in [9.17, 15) is 33.6 Å². The molecule has 0 aliphatic heterocycles. The van der Waals surface area contributed by atoms with Crippen LogP contribution in [-0.2, 0) is 33.6 Å². The standard InChI is InChI=1S/C24H22N2O6S6.C12H4I6N2.C2H4OS/c1-11(27)33-19-7-17(8-20(34-12(2)28)23(19)37-15(5)31)25-26-18-9-21(35-13(3)29)24(38-16(6)32)22(10-18)36-14(4)30;13-7-1-5(2-8(14)11(7)17)19-20-6-3-9(15)12(18)10(16)4-6;1-2(3)4/h7-10H,1-6H3;1-4H;1H3,(H,3,4). The predicted molar refractivity (Wildman–Crippen MR) is 309 cm³/mol. The van der Waals surface area contributed by atoms with E-state index in [1.807, 2.05) is 0 Å². The number of carbonyl (C=O) groups is 7. The van der Waals surface area contributed by atoms with Gasteiger partial charge in [0.25, 0.3) is 0 Å². The van der Waals surface area contributed by atoms with Gasteiger partial charge >= 0.3 is 0 Å². The second kappa shape index (κ2) is 29.5. The lowest BCUT2D eigenvalue weighted by atomic mass is 10.3. The van der Waals surface area contributed by atoms with Crippen molar-refractivity contribution < 1.29 is 33.6 Å². The largest absolute Gasteiger partial charge is 0.288 e. The fraction of sp³-hybridized carbons (Fsp3) is 0.184. The van der Waals surface area contributed by atoms with Crippen LogP contribution in [0.1, 0.15) is 48.5 Å². The maximum Gasteiger partial charge on any atom is 0.190 e. The van der Waals surface area contributed by atoms with E-state index in [4.69, 9.17) is 0 Å². The molecular formula is C38H30I6N4O7S7. The van der Waals surface area contributed by atoms with Gasteiger partial charge in [-0.25, -0.2) is 0 Å². The predicted octanol–water partition coefficient (Wildman–Crippen LogP) is 16.1. The van der Waals surface area contributed by atoms with Crippen LogP contribution in [-0.4, -0.2) is 35.8 Å². The molecule has 0 aromatic heterocycles. The number of carbonyl (C=O) groups excluding carboxylic acids is 7. The minimum absolute atomic E-state index is 0.139. The molecule has 328 valence electrons. The lowest BCUT2D eigenvalue weighted by molar-refractivity contribution is -0.110. The van der Waals surface area contributed by atoms with Gasteiger partial charge in [0, 0.05) is 99.3 Å². The van der Waals surface area contributed by atoms with Crippen LogP contribution in [0.4, 0.5) is 22.7 Å². The maximum atomic E-state index is 11.9. The van der Waals surface area contributed by atoms with Gasteiger partial charge in [0.1, 0.15) is 0 Å². The van der Waals surface area contributed by atoms with E-state index in [1.54, 1.807) is 24.3 Å². The molecule has 0 unspecified atom stereocenters. The number of nitrogens with zero attached hydrogens (tertiary/aromatic N) is 4. The van der Waals surface area contributed by atoms with Crippen molar-refractivity contribution in [3.05, 3.63) is 70.0 Å². The Bertz CT molecular complexity index is 2210. The highest BCUT2D eigenvalue weighted by atomic mass is 127. The Morgan fingerprint density at radius 3 is 0.726 bits per heavy atom. The van der Waals surface area contributed by atoms with Crippen LogP contribution >= 0.6 is 219 Å². The third-order valence-electron chi connectivity index (χ3n) is 6.02. The first-order valence-corrected chi connectivity index (χ1v) is 28.5. The molecule has 0 aliphatic rings. The molecule has 62 heavy (non-hydrogen) atoms. The molecule has 0 radical (unpaired) electrons. The molecule has 0 atom stereocenters. The van der Waals surface area contributed by atoms with Crippen molar-refractivity contribution >= 4 is 277 Å². The molecule has 24 heteroatoms. The summed E-state index contributed by atoms with van der Waals surface area (Å²) in [6.07, 6.45) is 0. The topological polar surface area (TPSA) is 169 Å². The van der Waals surface area contributed by atoms with Crippen LogP contribution in [0.15, 0.2) is 98.4 Å². The molecule has 4 aromatic rings. The van der Waals surface area contributed by atoms with E-state index in [-0.39, 0.29) is 35.8 Å². The Labute approximate surface area is 471 Å². The number of rotatable bonds is 10. The Balaban J connectivity index is 0.000000457. The Morgan fingerprint density at radius 1 is 0.371 bits per heavy atom. The molecule has 0 bridgehead atoms. The van der Waals surface area contributed by atoms with Crippen LogP contribution in [0.3, 0.4) is 0 Å². The van der Waals surface area contributed by atoms with Gasteiger partial charge < -0.3 is 0 Å². The highest BCUT2D eigenvalue weighted by Crippen LogP contribution is 2.45. The summed E-state index contributed by atoms with van der Waals surface area (Å²) in [6, 6.07) is 14.6. The highest BCUT2D eigenvalue weighted by Gasteiger charge is 2.20. The van der Waals surface area contributed by atoms with Gasteiger partial charge in [0.05, 0.1) is 22.7 Å². The molecule has 4 aromatic carbocycles. The fourth-order valence-corrected chi connectivity index (χ4v) is 13.3. The van der Waals surface area contributed by atoms with Crippen molar-refractivity contribution in [1.29, 1.82) is 0 Å². The Hall–Kier alpha value is 0.600. The molecule has 0 N–H and O–H groups in total. The number of thiol groups is 1. The van der Waals surface area contributed by atoms with Crippen LogP contribution in [0.2, 0.25) is 0 Å². The number of thioether (sulfide) groups is 6. The lowest BCUT2D eigenvalue weighted by Gasteiger charge is -2.13. The minimum atomic E-state index is -0.210. The number of hydrogen-bond acceptors (Lipinski definition) is 17. The van der Waals surface area contributed by atoms with E-state index in [0.717, 1.165) is 81.9 Å². The first-order chi connectivity index (χ1) is 28.9. The van der Waals surface area contributed by atoms with Crippen LogP contribution in [0, 0.1) is 21.4 Å². The molecule has 0 saturated heterocycles. The van der Waals surface area contributed by atoms with Gasteiger partial charge in [-0.1, -0.05) is 47.0 Å². The summed E-state index contributed by atoms with van der Waals surface area (Å²) in [4.78, 5) is 83.4. The summed E-state index contributed by atoms with van der Waals surface area (Å²) in [7, 11) is 0. The van der Waals surface area contributed by atoms with E-state index < -0.39 is 0 Å². The number of halogens is 6. The van der Waals surface area contributed by atoms with Crippen molar-refractivity contribution in [1.82, 2.24) is 0 Å². The Morgan fingerprint density at radius 2 is 0.548 bits per heavy atom. The summed E-state index contributed by atoms with van der Waals surface area (Å²) >= 11 is 22.8. The van der Waals surface area contributed by atoms with Crippen LogP contribution in [0.25, 0.3) is 0 Å². The fourth-order valence-electron chi connectivity index (χ4n) is 4.08. The van der Waals surface area contributed by atoms with Gasteiger partial charge in [-0.3, -0.25) is 33.6 Å². The monoisotopic (exact) mass is 1640 g/mol. The number of hydrogen-bond donors (Lipinski definition) is 1. The highest BCUT2D eigenvalue weighted by molar-refractivity contribution is 14.1. The van der Waals surface area contributed by atoms with Gasteiger partial charge in [0.15, 0.2) is 35.8 Å². The third-order valence-corrected chi connectivity index (χ3v) is 21.6. The van der Waals surface area contributed by atoms with Crippen molar-refractivity contribution in [2.75, 3.05) is 0 Å². The molecule has 0 aliphatic carbocycles. The van der Waals surface area contributed by atoms with Crippen molar-refractivity contribution in [3.63, 3.8) is 0 Å². The van der Waals surface area contributed by atoms with E-state index >= 15 is 0 Å². The maximum absolute atomic E-state index is 11.9. The van der Waals surface area contributed by atoms with E-state index in [2.05, 4.69) is 193 Å². The third kappa shape index (κ3) is 22.1. The van der Waals surface area contributed by atoms with Gasteiger partial charge in [-0.2, -0.15) is 20.5 Å². The molecular weight excluding hydrogens is 1610 g/mol. The molecule has 0 fully saturated rings. The van der Waals surface area contributed by atoms with Crippen molar-refractivity contribution in [2.45, 2.75) is 77.8 Å². The molecule has 0 saturated carbocycles. The second-order valence-corrected chi connectivity index (χ2v) is 26.2. The van der Waals surface area contributed by atoms with Gasteiger partial charge in [-0.15, -0.1) is 12.6 Å². The average molecular weight is 1640 g/mol. The summed E-state index contributed by atoms with van der Waals surface area (Å²) < 4.78 is 7.35. The molecule has 4 rings (SSSR count). The number of benzene rings is 4. The first kappa shape index (κ1) is 58.7. The van der Waals surface area contributed by atoms with Gasteiger partial charge in [-0.05, 0) is 208 Å². The number of azo groups is 2. The molecule has 11 nitrogen and oxygen atoms in total. The molecule has 0 amide bonds. The molecule has 0 heterocycles. The smallest absolute Gasteiger partial charge is 0.190 e. The zero-order valence-corrected chi connectivity index (χ0v) is 51.7. The Kier molecular flexibility index (Phi) is 27.9. The lowest BCUT2D eigenvalue weighted by Crippen LogP contribution is -1.93. The summed E-state index contributed by atoms with van der Waals surface area (Å²) in [5.41, 5.74) is 2.44. The van der Waals surface area contributed by atoms with Crippen molar-refractivity contribution in [3.8, 4) is 0 Å². The zero-order chi connectivity index (χ0) is 47.0. The first-order valence-electron chi connectivity index (χ1n) is 16.6. The van der Waals surface area contributed by atoms with E-state index in [0.29, 0.717) is 40.7 Å². The zero-order valence-electron chi connectivity index (χ0n) is 32.9.